The van der Waals surface area contributed by atoms with E-state index in [2.05, 4.69) is 64.7 Å². The molecule has 1 saturated heterocycles. The van der Waals surface area contributed by atoms with E-state index in [4.69, 9.17) is 4.74 Å². The molecule has 2 fully saturated rings. The first-order valence-corrected chi connectivity index (χ1v) is 14.2. The normalized spacial score (nSPS) is 20.5. The minimum absolute atomic E-state index is 0.0916. The van der Waals surface area contributed by atoms with Crippen molar-refractivity contribution < 1.29 is 20.1 Å². The van der Waals surface area contributed by atoms with Gasteiger partial charge in [-0.25, -0.2) is 0 Å². The number of thiol groups is 1. The van der Waals surface area contributed by atoms with Crippen LogP contribution in [0.1, 0.15) is 59.7 Å². The first-order chi connectivity index (χ1) is 18.7. The molecule has 0 unspecified atom stereocenters. The fraction of sp³-hybridized carbons (Fsp3) is 0.452. The Balaban J connectivity index is 1.38. The average molecular weight is 550 g/mol. The van der Waals surface area contributed by atoms with Crippen molar-refractivity contribution in [2.45, 2.75) is 56.3 Å². The van der Waals surface area contributed by atoms with E-state index >= 15 is 0 Å². The van der Waals surface area contributed by atoms with Gasteiger partial charge in [0, 0.05) is 43.6 Å². The van der Waals surface area contributed by atoms with Gasteiger partial charge in [0.2, 0.25) is 0 Å². The number of benzene rings is 2. The molecule has 1 saturated carbocycles. The molecule has 0 spiro atoms. The van der Waals surface area contributed by atoms with E-state index in [-0.39, 0.29) is 19.3 Å². The number of pyridine rings is 1. The molecule has 0 radical (unpaired) electrons. The maximum atomic E-state index is 11.3. The largest absolute Gasteiger partial charge is 0.491 e. The highest BCUT2D eigenvalue weighted by molar-refractivity contribution is 7.81. The molecular formula is C31H39N3O4S. The molecule has 1 aliphatic heterocycles. The van der Waals surface area contributed by atoms with Crippen molar-refractivity contribution in [2.24, 2.45) is 0 Å². The summed E-state index contributed by atoms with van der Waals surface area (Å²) < 4.78 is 5.74. The van der Waals surface area contributed by atoms with Gasteiger partial charge in [-0.05, 0) is 73.6 Å². The van der Waals surface area contributed by atoms with E-state index in [1.807, 2.05) is 12.1 Å². The van der Waals surface area contributed by atoms with Gasteiger partial charge in [-0.1, -0.05) is 30.3 Å². The van der Waals surface area contributed by atoms with Crippen LogP contribution >= 0.6 is 12.6 Å². The first-order valence-electron chi connectivity index (χ1n) is 13.7. The number of aryl methyl sites for hydroxylation is 1. The lowest BCUT2D eigenvalue weighted by molar-refractivity contribution is 0.0732. The average Bonchev–Trinajstić information content (AvgIpc) is 3.78. The third kappa shape index (κ3) is 6.76. The van der Waals surface area contributed by atoms with Crippen LogP contribution in [0.3, 0.4) is 0 Å². The second-order valence-electron chi connectivity index (χ2n) is 11.0. The van der Waals surface area contributed by atoms with Gasteiger partial charge in [-0.15, -0.1) is 12.6 Å². The molecule has 3 atom stereocenters. The number of anilines is 1. The van der Waals surface area contributed by atoms with Crippen LogP contribution in [0, 0.1) is 6.92 Å². The lowest BCUT2D eigenvalue weighted by Gasteiger charge is -2.45. The molecule has 0 amide bonds. The Labute approximate surface area is 236 Å². The number of aliphatic hydroxyl groups excluding tert-OH is 2. The Kier molecular flexibility index (Phi) is 8.49. The predicted molar refractivity (Wildman–Crippen MR) is 156 cm³/mol. The summed E-state index contributed by atoms with van der Waals surface area (Å²) in [5, 5.41) is 30.2. The zero-order chi connectivity index (χ0) is 27.6. The van der Waals surface area contributed by atoms with E-state index in [1.54, 1.807) is 25.3 Å². The van der Waals surface area contributed by atoms with Gasteiger partial charge in [0.05, 0.1) is 24.4 Å². The first kappa shape index (κ1) is 27.9. The summed E-state index contributed by atoms with van der Waals surface area (Å²) in [6.07, 6.45) is 3.63. The quantitative estimate of drug-likeness (QED) is 0.223. The van der Waals surface area contributed by atoms with E-state index in [0.29, 0.717) is 23.7 Å². The fourth-order valence-electron chi connectivity index (χ4n) is 5.38. The SMILES string of the molecule is Cc1cc(OC[C@H](C)O)ccc1N1CCN(C[C@](O)(S)c2ccc(CO)nc2)C[C@H]1c1ccc(C2CC2)cc1. The highest BCUT2D eigenvalue weighted by Crippen LogP contribution is 2.41. The summed E-state index contributed by atoms with van der Waals surface area (Å²) in [4.78, 5) is 7.57. The van der Waals surface area contributed by atoms with Crippen LogP contribution < -0.4 is 9.64 Å². The third-order valence-electron chi connectivity index (χ3n) is 7.70. The molecule has 2 aromatic carbocycles. The van der Waals surface area contributed by atoms with Gasteiger partial charge in [0.25, 0.3) is 0 Å². The van der Waals surface area contributed by atoms with Crippen LogP contribution in [0.4, 0.5) is 5.69 Å². The summed E-state index contributed by atoms with van der Waals surface area (Å²) in [5.74, 6) is 1.46. The zero-order valence-electron chi connectivity index (χ0n) is 22.7. The molecule has 3 aromatic rings. The lowest BCUT2D eigenvalue weighted by Crippen LogP contribution is -2.51. The molecule has 1 aliphatic carbocycles. The van der Waals surface area contributed by atoms with Crippen molar-refractivity contribution in [1.82, 2.24) is 9.88 Å². The van der Waals surface area contributed by atoms with E-state index in [1.165, 1.54) is 24.0 Å². The summed E-state index contributed by atoms with van der Waals surface area (Å²) in [5.41, 5.74) is 6.10. The van der Waals surface area contributed by atoms with E-state index in [0.717, 1.165) is 36.6 Å². The number of hydrogen-bond acceptors (Lipinski definition) is 8. The number of aromatic nitrogens is 1. The monoisotopic (exact) mass is 549 g/mol. The number of aliphatic hydroxyl groups is 3. The van der Waals surface area contributed by atoms with Crippen molar-refractivity contribution in [3.63, 3.8) is 0 Å². The van der Waals surface area contributed by atoms with Gasteiger partial charge in [-0.2, -0.15) is 0 Å². The van der Waals surface area contributed by atoms with Crippen LogP contribution in [0.15, 0.2) is 60.8 Å². The molecule has 39 heavy (non-hydrogen) atoms. The second kappa shape index (κ2) is 11.9. The minimum Gasteiger partial charge on any atom is -0.491 e. The summed E-state index contributed by atoms with van der Waals surface area (Å²) >= 11 is 4.63. The predicted octanol–water partition coefficient (Wildman–Crippen LogP) is 4.16. The topological polar surface area (TPSA) is 89.3 Å². The molecule has 1 aromatic heterocycles. The van der Waals surface area contributed by atoms with Gasteiger partial charge in [0.1, 0.15) is 17.3 Å². The number of rotatable bonds is 10. The highest BCUT2D eigenvalue weighted by atomic mass is 32.1. The lowest BCUT2D eigenvalue weighted by atomic mass is 9.97. The van der Waals surface area contributed by atoms with Crippen LogP contribution in [-0.2, 0) is 11.5 Å². The van der Waals surface area contributed by atoms with Crippen LogP contribution in [-0.4, -0.2) is 64.1 Å². The Morgan fingerprint density at radius 3 is 2.44 bits per heavy atom. The van der Waals surface area contributed by atoms with Gasteiger partial charge >= 0.3 is 0 Å². The molecule has 8 heteroatoms. The van der Waals surface area contributed by atoms with Crippen molar-refractivity contribution >= 4 is 18.3 Å². The number of hydrogen-bond donors (Lipinski definition) is 4. The standard InChI is InChI=1S/C31H39N3O4S/c1-21-15-28(38-19-22(2)36)11-12-29(21)34-14-13-33(20-31(37,39)26-9-10-27(18-35)32-16-26)17-30(34)25-7-5-24(6-8-25)23-3-4-23/h5-12,15-16,22-23,30,35-37,39H,3-4,13-14,17-20H2,1-2H3/t22-,30-,31-/m0/s1. The van der Waals surface area contributed by atoms with Gasteiger partial charge < -0.3 is 25.0 Å². The number of piperazine rings is 1. The zero-order valence-corrected chi connectivity index (χ0v) is 23.6. The Hall–Kier alpha value is -2.62. The van der Waals surface area contributed by atoms with Crippen LogP contribution in [0.25, 0.3) is 0 Å². The van der Waals surface area contributed by atoms with Gasteiger partial charge in [-0.3, -0.25) is 9.88 Å². The molecule has 2 aliphatic rings. The highest BCUT2D eigenvalue weighted by Gasteiger charge is 2.35. The molecular weight excluding hydrogens is 510 g/mol. The molecule has 3 N–H and O–H groups in total. The Bertz CT molecular complexity index is 1250. The maximum absolute atomic E-state index is 11.3. The molecule has 0 bridgehead atoms. The fourth-order valence-corrected chi connectivity index (χ4v) is 5.71. The summed E-state index contributed by atoms with van der Waals surface area (Å²) in [6.45, 7) is 6.57. The van der Waals surface area contributed by atoms with Crippen molar-refractivity contribution in [1.29, 1.82) is 0 Å². The summed E-state index contributed by atoms with van der Waals surface area (Å²) in [7, 11) is 0. The number of β-amino-alcohol motifs (C(OH)–C–C–N with tert-alkyl or cyclic N) is 1. The smallest absolute Gasteiger partial charge is 0.147 e. The summed E-state index contributed by atoms with van der Waals surface area (Å²) in [6, 6.07) is 18.8. The van der Waals surface area contributed by atoms with Crippen molar-refractivity contribution in [2.75, 3.05) is 37.7 Å². The Morgan fingerprint density at radius 2 is 1.82 bits per heavy atom. The van der Waals surface area contributed by atoms with Crippen LogP contribution in [0.2, 0.25) is 0 Å². The van der Waals surface area contributed by atoms with Gasteiger partial charge in [0.15, 0.2) is 0 Å². The van der Waals surface area contributed by atoms with Crippen molar-refractivity contribution in [3.8, 4) is 5.75 Å². The van der Waals surface area contributed by atoms with Crippen molar-refractivity contribution in [3.05, 3.63) is 88.7 Å². The molecule has 2 heterocycles. The van der Waals surface area contributed by atoms with E-state index in [9.17, 15) is 15.3 Å². The number of nitrogens with zero attached hydrogens (tertiary/aromatic N) is 3. The third-order valence-corrected chi connectivity index (χ3v) is 8.10. The Morgan fingerprint density at radius 1 is 1.08 bits per heavy atom. The minimum atomic E-state index is -1.37. The van der Waals surface area contributed by atoms with E-state index < -0.39 is 11.0 Å². The number of ether oxygens (including phenoxy) is 1. The van der Waals surface area contributed by atoms with Crippen LogP contribution in [0.5, 0.6) is 5.75 Å². The second-order valence-corrected chi connectivity index (χ2v) is 11.7. The maximum Gasteiger partial charge on any atom is 0.147 e. The molecule has 5 rings (SSSR count). The molecule has 208 valence electrons. The molecule has 7 nitrogen and oxygen atoms in total.